The molecule has 3 N–H and O–H groups in total. The predicted molar refractivity (Wildman–Crippen MR) is 81.7 cm³/mol. The van der Waals surface area contributed by atoms with Gasteiger partial charge in [-0.15, -0.1) is 0 Å². The molecular formula is C12H19N3O4S2. The molecule has 1 saturated carbocycles. The van der Waals surface area contributed by atoms with Crippen molar-refractivity contribution in [2.75, 3.05) is 5.73 Å². The van der Waals surface area contributed by atoms with Gasteiger partial charge in [0.25, 0.3) is 10.0 Å². The van der Waals surface area contributed by atoms with E-state index < -0.39 is 14.9 Å². The third-order valence-corrected chi connectivity index (χ3v) is 7.15. The Morgan fingerprint density at radius 2 is 2.19 bits per heavy atom. The van der Waals surface area contributed by atoms with Crippen LogP contribution >= 0.6 is 11.3 Å². The van der Waals surface area contributed by atoms with E-state index in [1.807, 2.05) is 6.92 Å². The average molecular weight is 333 g/mol. The number of rotatable bonds is 5. The fourth-order valence-electron chi connectivity index (χ4n) is 2.90. The van der Waals surface area contributed by atoms with Crippen molar-refractivity contribution in [3.8, 4) is 0 Å². The van der Waals surface area contributed by atoms with Gasteiger partial charge in [0.2, 0.25) is 0 Å². The molecule has 1 aromatic rings. The summed E-state index contributed by atoms with van der Waals surface area (Å²) in [5.41, 5.74) is 5.15. The Balaban J connectivity index is 2.20. The maximum absolute atomic E-state index is 12.3. The van der Waals surface area contributed by atoms with E-state index >= 15 is 0 Å². The lowest BCUT2D eigenvalue weighted by atomic mass is 9.94. The third kappa shape index (κ3) is 3.19. The van der Waals surface area contributed by atoms with E-state index in [4.69, 9.17) is 5.73 Å². The number of thiophene rings is 1. The highest BCUT2D eigenvalue weighted by molar-refractivity contribution is 7.91. The summed E-state index contributed by atoms with van der Waals surface area (Å²) < 4.78 is 27.2. The Morgan fingerprint density at radius 1 is 1.52 bits per heavy atom. The molecule has 0 amide bonds. The number of hydrogen-bond acceptors (Lipinski definition) is 6. The smallest absolute Gasteiger partial charge is 0.304 e. The van der Waals surface area contributed by atoms with Gasteiger partial charge in [-0.05, 0) is 24.7 Å². The first-order valence-electron chi connectivity index (χ1n) is 6.82. The van der Waals surface area contributed by atoms with Gasteiger partial charge in [0.05, 0.1) is 4.92 Å². The van der Waals surface area contributed by atoms with E-state index in [0.29, 0.717) is 5.92 Å². The molecule has 3 atom stereocenters. The molecule has 1 aromatic heterocycles. The molecule has 0 aromatic carbocycles. The largest absolute Gasteiger partial charge is 0.385 e. The molecule has 3 unspecified atom stereocenters. The fraction of sp³-hybridized carbons (Fsp3) is 0.667. The molecule has 0 saturated heterocycles. The van der Waals surface area contributed by atoms with Gasteiger partial charge in [-0.25, -0.2) is 13.1 Å². The van der Waals surface area contributed by atoms with Crippen molar-refractivity contribution < 1.29 is 13.3 Å². The van der Waals surface area contributed by atoms with Gasteiger partial charge in [0.1, 0.15) is 4.21 Å². The number of nitro groups is 1. The Kier molecular flexibility index (Phi) is 4.54. The summed E-state index contributed by atoms with van der Waals surface area (Å²) in [6.45, 7) is 4.14. The minimum Gasteiger partial charge on any atom is -0.385 e. The number of hydrogen-bond donors (Lipinski definition) is 2. The lowest BCUT2D eigenvalue weighted by Crippen LogP contribution is -2.37. The molecule has 0 radical (unpaired) electrons. The first-order valence-corrected chi connectivity index (χ1v) is 9.12. The number of nitrogen functional groups attached to an aromatic ring is 1. The third-order valence-electron chi connectivity index (χ3n) is 4.24. The highest BCUT2D eigenvalue weighted by Crippen LogP contribution is 2.37. The van der Waals surface area contributed by atoms with Crippen molar-refractivity contribution in [2.45, 2.75) is 43.4 Å². The summed E-state index contributed by atoms with van der Waals surface area (Å²) in [5, 5.41) is 10.7. The summed E-state index contributed by atoms with van der Waals surface area (Å²) in [5.74, 6) is 0.775. The molecule has 1 fully saturated rings. The lowest BCUT2D eigenvalue weighted by Gasteiger charge is -2.20. The number of anilines is 1. The van der Waals surface area contributed by atoms with E-state index in [-0.39, 0.29) is 26.9 Å². The van der Waals surface area contributed by atoms with Crippen molar-refractivity contribution in [3.63, 3.8) is 0 Å². The van der Waals surface area contributed by atoms with Crippen molar-refractivity contribution >= 4 is 32.0 Å². The van der Waals surface area contributed by atoms with Crippen LogP contribution in [-0.2, 0) is 10.0 Å². The highest BCUT2D eigenvalue weighted by Gasteiger charge is 2.35. The van der Waals surface area contributed by atoms with Gasteiger partial charge in [-0.3, -0.25) is 10.1 Å². The average Bonchev–Trinajstić information content (AvgIpc) is 2.94. The topological polar surface area (TPSA) is 115 Å². The van der Waals surface area contributed by atoms with Gasteiger partial charge < -0.3 is 5.73 Å². The van der Waals surface area contributed by atoms with E-state index in [1.165, 1.54) is 0 Å². The van der Waals surface area contributed by atoms with Crippen LogP contribution in [0.15, 0.2) is 10.3 Å². The second-order valence-corrected chi connectivity index (χ2v) is 8.43. The van der Waals surface area contributed by atoms with Crippen molar-refractivity contribution in [1.29, 1.82) is 0 Å². The monoisotopic (exact) mass is 333 g/mol. The number of nitrogens with zero attached hydrogens (tertiary/aromatic N) is 1. The zero-order chi connectivity index (χ0) is 15.8. The minimum absolute atomic E-state index is 0.0914. The van der Waals surface area contributed by atoms with Crippen LogP contribution < -0.4 is 10.5 Å². The second kappa shape index (κ2) is 5.90. The first kappa shape index (κ1) is 16.2. The van der Waals surface area contributed by atoms with Crippen molar-refractivity contribution in [1.82, 2.24) is 4.72 Å². The molecule has 1 heterocycles. The predicted octanol–water partition coefficient (Wildman–Crippen LogP) is 2.34. The van der Waals surface area contributed by atoms with Crippen molar-refractivity contribution in [3.05, 3.63) is 16.2 Å². The SMILES string of the molecule is CCC1CCC(NS(=O)(=O)c2cc([N+](=O)[O-])c(N)s2)C1C. The molecule has 1 aliphatic rings. The van der Waals surface area contributed by atoms with Gasteiger partial charge in [-0.2, -0.15) is 0 Å². The van der Waals surface area contributed by atoms with E-state index in [1.54, 1.807) is 0 Å². The Labute approximate surface area is 127 Å². The maximum atomic E-state index is 12.3. The Morgan fingerprint density at radius 3 is 2.67 bits per heavy atom. The molecule has 2 rings (SSSR count). The Bertz CT molecular complexity index is 641. The summed E-state index contributed by atoms with van der Waals surface area (Å²) in [4.78, 5) is 10.1. The summed E-state index contributed by atoms with van der Waals surface area (Å²) >= 11 is 0.726. The minimum atomic E-state index is -3.76. The molecule has 0 aliphatic heterocycles. The molecule has 7 nitrogen and oxygen atoms in total. The number of nitrogens with one attached hydrogen (secondary N) is 1. The fourth-order valence-corrected chi connectivity index (χ4v) is 5.49. The van der Waals surface area contributed by atoms with Crippen LogP contribution in [0.4, 0.5) is 10.7 Å². The second-order valence-electron chi connectivity index (χ2n) is 5.40. The molecule has 9 heteroatoms. The quantitative estimate of drug-likeness (QED) is 0.634. The van der Waals surface area contributed by atoms with Gasteiger partial charge in [0.15, 0.2) is 5.00 Å². The van der Waals surface area contributed by atoms with E-state index in [2.05, 4.69) is 11.6 Å². The normalized spacial score (nSPS) is 26.1. The molecular weight excluding hydrogens is 314 g/mol. The van der Waals surface area contributed by atoms with E-state index in [9.17, 15) is 18.5 Å². The van der Waals surface area contributed by atoms with Gasteiger partial charge in [-0.1, -0.05) is 31.6 Å². The van der Waals surface area contributed by atoms with Crippen molar-refractivity contribution in [2.24, 2.45) is 11.8 Å². The number of sulfonamides is 1. The van der Waals surface area contributed by atoms with Crippen LogP contribution in [0.3, 0.4) is 0 Å². The van der Waals surface area contributed by atoms with Crippen LogP contribution in [0.2, 0.25) is 0 Å². The molecule has 0 bridgehead atoms. The van der Waals surface area contributed by atoms with Crippen LogP contribution in [-0.4, -0.2) is 19.4 Å². The summed E-state index contributed by atoms with van der Waals surface area (Å²) in [7, 11) is -3.76. The zero-order valence-corrected chi connectivity index (χ0v) is 13.5. The molecule has 0 spiro atoms. The molecule has 1 aliphatic carbocycles. The van der Waals surface area contributed by atoms with Crippen LogP contribution in [0.1, 0.15) is 33.1 Å². The van der Waals surface area contributed by atoms with Crippen LogP contribution in [0.5, 0.6) is 0 Å². The molecule has 21 heavy (non-hydrogen) atoms. The van der Waals surface area contributed by atoms with Crippen LogP contribution in [0.25, 0.3) is 0 Å². The Hall–Kier alpha value is -1.19. The summed E-state index contributed by atoms with van der Waals surface area (Å²) in [6.07, 6.45) is 2.82. The maximum Gasteiger partial charge on any atom is 0.304 e. The standard InChI is InChI=1S/C12H19N3O4S2/c1-3-8-4-5-9(7(8)2)14-21(18,19)11-6-10(15(16)17)12(13)20-11/h6-9,14H,3-5,13H2,1-2H3. The summed E-state index contributed by atoms with van der Waals surface area (Å²) in [6, 6.07) is 0.904. The first-order chi connectivity index (χ1) is 9.76. The lowest BCUT2D eigenvalue weighted by molar-refractivity contribution is -0.383. The van der Waals surface area contributed by atoms with Gasteiger partial charge in [0, 0.05) is 12.1 Å². The van der Waals surface area contributed by atoms with Gasteiger partial charge >= 0.3 is 5.69 Å². The van der Waals surface area contributed by atoms with Crippen LogP contribution in [0, 0.1) is 22.0 Å². The number of nitrogens with two attached hydrogens (primary N) is 1. The highest BCUT2D eigenvalue weighted by atomic mass is 32.2. The molecule has 118 valence electrons. The zero-order valence-electron chi connectivity index (χ0n) is 11.9. The van der Waals surface area contributed by atoms with E-state index in [0.717, 1.165) is 36.7 Å².